The van der Waals surface area contributed by atoms with Gasteiger partial charge < -0.3 is 9.74 Å². The molecule has 0 aromatic heterocycles. The topological polar surface area (TPSA) is 41.9 Å². The number of oxime groups is 1. The van der Waals surface area contributed by atoms with E-state index in [1.807, 2.05) is 39.1 Å². The van der Waals surface area contributed by atoms with Gasteiger partial charge in [0.1, 0.15) is 6.61 Å². The van der Waals surface area contributed by atoms with Gasteiger partial charge >= 0.3 is 0 Å². The molecule has 5 heteroatoms. The summed E-state index contributed by atoms with van der Waals surface area (Å²) in [5.41, 5.74) is 2.76. The van der Waals surface area contributed by atoms with Gasteiger partial charge in [-0.3, -0.25) is 4.79 Å². The highest BCUT2D eigenvalue weighted by atomic mass is 32.2. The number of anilines is 1. The minimum Gasteiger partial charge on any atom is -0.396 e. The normalized spacial score (nSPS) is 15.4. The van der Waals surface area contributed by atoms with Gasteiger partial charge in [-0.1, -0.05) is 18.1 Å². The Hall–Kier alpha value is -1.49. The summed E-state index contributed by atoms with van der Waals surface area (Å²) in [5.74, 6) is 0.640. The van der Waals surface area contributed by atoms with Crippen LogP contribution in [-0.4, -0.2) is 31.0 Å². The van der Waals surface area contributed by atoms with Crippen LogP contribution >= 0.6 is 11.8 Å². The van der Waals surface area contributed by atoms with E-state index in [9.17, 15) is 4.79 Å². The SMILES string of the molecule is CCCO/N=C(/C)c1ccc2c(c1)N(C)C(=O)CS2. The molecule has 0 saturated heterocycles. The van der Waals surface area contributed by atoms with Crippen molar-refractivity contribution in [1.29, 1.82) is 0 Å². The summed E-state index contributed by atoms with van der Waals surface area (Å²) in [5, 5.41) is 4.08. The van der Waals surface area contributed by atoms with Gasteiger partial charge in [0, 0.05) is 17.5 Å². The lowest BCUT2D eigenvalue weighted by Crippen LogP contribution is -2.31. The van der Waals surface area contributed by atoms with Crippen LogP contribution in [0.25, 0.3) is 0 Å². The lowest BCUT2D eigenvalue weighted by atomic mass is 10.1. The van der Waals surface area contributed by atoms with Crippen LogP contribution in [0.1, 0.15) is 25.8 Å². The van der Waals surface area contributed by atoms with E-state index in [0.29, 0.717) is 12.4 Å². The van der Waals surface area contributed by atoms with Crippen LogP contribution in [0.15, 0.2) is 28.3 Å². The molecule has 0 saturated carbocycles. The number of rotatable bonds is 4. The van der Waals surface area contributed by atoms with E-state index < -0.39 is 0 Å². The number of thioether (sulfide) groups is 1. The van der Waals surface area contributed by atoms with E-state index in [-0.39, 0.29) is 5.91 Å². The van der Waals surface area contributed by atoms with Gasteiger partial charge in [0.2, 0.25) is 5.91 Å². The maximum absolute atomic E-state index is 11.7. The Morgan fingerprint density at radius 1 is 1.53 bits per heavy atom. The van der Waals surface area contributed by atoms with Crippen LogP contribution in [0.3, 0.4) is 0 Å². The van der Waals surface area contributed by atoms with Gasteiger partial charge in [0.25, 0.3) is 0 Å². The third-order valence-electron chi connectivity index (χ3n) is 2.96. The number of carbonyl (C=O) groups is 1. The lowest BCUT2D eigenvalue weighted by molar-refractivity contribution is -0.116. The molecule has 0 radical (unpaired) electrons. The van der Waals surface area contributed by atoms with Crippen molar-refractivity contribution in [3.63, 3.8) is 0 Å². The van der Waals surface area contributed by atoms with Gasteiger partial charge in [0.05, 0.1) is 17.2 Å². The quantitative estimate of drug-likeness (QED) is 0.483. The molecule has 1 aliphatic rings. The van der Waals surface area contributed by atoms with Crippen molar-refractivity contribution < 1.29 is 9.63 Å². The number of hydrogen-bond donors (Lipinski definition) is 0. The van der Waals surface area contributed by atoms with E-state index in [4.69, 9.17) is 4.84 Å². The van der Waals surface area contributed by atoms with Crippen LogP contribution < -0.4 is 4.90 Å². The largest absolute Gasteiger partial charge is 0.396 e. The average Bonchev–Trinajstić information content (AvgIpc) is 2.43. The monoisotopic (exact) mass is 278 g/mol. The molecule has 1 aliphatic heterocycles. The summed E-state index contributed by atoms with van der Waals surface area (Å²) in [6, 6.07) is 6.05. The molecule has 0 spiro atoms. The molecule has 0 N–H and O–H groups in total. The Morgan fingerprint density at radius 3 is 3.05 bits per heavy atom. The molecular formula is C14H18N2O2S. The van der Waals surface area contributed by atoms with E-state index >= 15 is 0 Å². The molecule has 4 nitrogen and oxygen atoms in total. The Labute approximate surface area is 117 Å². The van der Waals surface area contributed by atoms with Crippen LogP contribution in [0.2, 0.25) is 0 Å². The van der Waals surface area contributed by atoms with Gasteiger partial charge in [-0.2, -0.15) is 0 Å². The third kappa shape index (κ3) is 3.10. The number of carbonyl (C=O) groups excluding carboxylic acids is 1. The first kappa shape index (κ1) is 13.9. The van der Waals surface area contributed by atoms with Crippen molar-refractivity contribution in [3.8, 4) is 0 Å². The lowest BCUT2D eigenvalue weighted by Gasteiger charge is -2.25. The van der Waals surface area contributed by atoms with Gasteiger partial charge in [-0.15, -0.1) is 11.8 Å². The molecule has 0 atom stereocenters. The van der Waals surface area contributed by atoms with E-state index in [0.717, 1.165) is 28.3 Å². The number of fused-ring (bicyclic) bond motifs is 1. The second-order valence-corrected chi connectivity index (χ2v) is 5.45. The Kier molecular flexibility index (Phi) is 4.47. The summed E-state index contributed by atoms with van der Waals surface area (Å²) in [6.07, 6.45) is 0.939. The zero-order valence-electron chi connectivity index (χ0n) is 11.5. The molecule has 0 aliphatic carbocycles. The predicted octanol–water partition coefficient (Wildman–Crippen LogP) is 2.91. The first-order valence-electron chi connectivity index (χ1n) is 6.33. The number of nitrogens with zero attached hydrogens (tertiary/aromatic N) is 2. The second-order valence-electron chi connectivity index (χ2n) is 4.43. The van der Waals surface area contributed by atoms with Crippen molar-refractivity contribution in [2.75, 3.05) is 24.3 Å². The van der Waals surface area contributed by atoms with Crippen LogP contribution in [0, 0.1) is 0 Å². The molecule has 1 aromatic rings. The zero-order valence-corrected chi connectivity index (χ0v) is 12.3. The van der Waals surface area contributed by atoms with Gasteiger partial charge in [-0.25, -0.2) is 0 Å². The van der Waals surface area contributed by atoms with Crippen LogP contribution in [-0.2, 0) is 9.63 Å². The minimum absolute atomic E-state index is 0.131. The van der Waals surface area contributed by atoms with E-state index in [1.54, 1.807) is 16.7 Å². The van der Waals surface area contributed by atoms with Crippen molar-refractivity contribution >= 4 is 29.1 Å². The first-order chi connectivity index (χ1) is 9.13. The summed E-state index contributed by atoms with van der Waals surface area (Å²) < 4.78 is 0. The standard InChI is InChI=1S/C14H18N2O2S/c1-4-7-18-15-10(2)11-5-6-13-12(8-11)16(3)14(17)9-19-13/h5-6,8H,4,7,9H2,1-3H3/b15-10-. The Bertz CT molecular complexity index is 514. The fraction of sp³-hybridized carbons (Fsp3) is 0.429. The third-order valence-corrected chi connectivity index (χ3v) is 4.01. The molecule has 1 amide bonds. The first-order valence-corrected chi connectivity index (χ1v) is 7.32. The summed E-state index contributed by atoms with van der Waals surface area (Å²) in [7, 11) is 1.81. The molecule has 0 fully saturated rings. The molecule has 0 bridgehead atoms. The molecule has 2 rings (SSSR count). The van der Waals surface area contributed by atoms with Crippen molar-refractivity contribution in [2.24, 2.45) is 5.16 Å². The molecule has 0 unspecified atom stereocenters. The zero-order chi connectivity index (χ0) is 13.8. The average molecular weight is 278 g/mol. The second kappa shape index (κ2) is 6.10. The predicted molar refractivity (Wildman–Crippen MR) is 79.0 cm³/mol. The Morgan fingerprint density at radius 2 is 2.32 bits per heavy atom. The van der Waals surface area contributed by atoms with Gasteiger partial charge in [0.15, 0.2) is 0 Å². The molecule has 1 heterocycles. The molecule has 1 aromatic carbocycles. The van der Waals surface area contributed by atoms with Crippen LogP contribution in [0.5, 0.6) is 0 Å². The number of amides is 1. The smallest absolute Gasteiger partial charge is 0.237 e. The molecule has 102 valence electrons. The maximum Gasteiger partial charge on any atom is 0.237 e. The molecular weight excluding hydrogens is 260 g/mol. The highest BCUT2D eigenvalue weighted by molar-refractivity contribution is 8.00. The maximum atomic E-state index is 11.7. The summed E-state index contributed by atoms with van der Waals surface area (Å²) >= 11 is 1.58. The van der Waals surface area contributed by atoms with Crippen LogP contribution in [0.4, 0.5) is 5.69 Å². The van der Waals surface area contributed by atoms with Crippen molar-refractivity contribution in [1.82, 2.24) is 0 Å². The summed E-state index contributed by atoms with van der Waals surface area (Å²) in [4.78, 5) is 19.7. The van der Waals surface area contributed by atoms with E-state index in [2.05, 4.69) is 5.16 Å². The number of benzene rings is 1. The number of hydrogen-bond acceptors (Lipinski definition) is 4. The highest BCUT2D eigenvalue weighted by Gasteiger charge is 2.21. The fourth-order valence-electron chi connectivity index (χ4n) is 1.78. The Balaban J connectivity index is 2.25. The van der Waals surface area contributed by atoms with Crippen molar-refractivity contribution in [2.45, 2.75) is 25.2 Å². The van der Waals surface area contributed by atoms with Crippen molar-refractivity contribution in [3.05, 3.63) is 23.8 Å². The highest BCUT2D eigenvalue weighted by Crippen LogP contribution is 2.35. The van der Waals surface area contributed by atoms with Gasteiger partial charge in [-0.05, 0) is 25.5 Å². The minimum atomic E-state index is 0.131. The molecule has 19 heavy (non-hydrogen) atoms. The summed E-state index contributed by atoms with van der Waals surface area (Å²) in [6.45, 7) is 4.58. The van der Waals surface area contributed by atoms with E-state index in [1.165, 1.54) is 0 Å². The fourth-order valence-corrected chi connectivity index (χ4v) is 2.76.